The Hall–Kier alpha value is -1.22. The second-order valence-electron chi connectivity index (χ2n) is 5.44. The molecule has 1 saturated heterocycles. The second kappa shape index (κ2) is 5.19. The molecule has 3 nitrogen and oxygen atoms in total. The summed E-state index contributed by atoms with van der Waals surface area (Å²) in [6.45, 7) is 3.13. The molecule has 1 fully saturated rings. The predicted molar refractivity (Wildman–Crippen MR) is 74.4 cm³/mol. The fraction of sp³-hybridized carbons (Fsp3) is 0.600. The average Bonchev–Trinajstić information content (AvgIpc) is 2.82. The van der Waals surface area contributed by atoms with Crippen LogP contribution in [0.15, 0.2) is 18.2 Å². The summed E-state index contributed by atoms with van der Waals surface area (Å²) < 4.78 is 5.96. The van der Waals surface area contributed by atoms with Gasteiger partial charge in [-0.15, -0.1) is 0 Å². The Balaban J connectivity index is 1.62. The van der Waals surface area contributed by atoms with E-state index in [1.54, 1.807) is 0 Å². The third-order valence-electron chi connectivity index (χ3n) is 4.13. The summed E-state index contributed by atoms with van der Waals surface area (Å²) in [5.41, 5.74) is 2.69. The Morgan fingerprint density at radius 2 is 2.33 bits per heavy atom. The molecule has 3 heteroatoms. The zero-order valence-electron chi connectivity index (χ0n) is 11.1. The SMILES string of the molecule is CN1CCCC1COc1ccc2c(c1)CCCN2. The third kappa shape index (κ3) is 2.46. The van der Waals surface area contributed by atoms with E-state index in [2.05, 4.69) is 35.5 Å². The van der Waals surface area contributed by atoms with Gasteiger partial charge in [0.2, 0.25) is 0 Å². The molecule has 98 valence electrons. The summed E-state index contributed by atoms with van der Waals surface area (Å²) in [4.78, 5) is 2.40. The van der Waals surface area contributed by atoms with Crippen LogP contribution in [-0.2, 0) is 6.42 Å². The number of fused-ring (bicyclic) bond motifs is 1. The highest BCUT2D eigenvalue weighted by atomic mass is 16.5. The molecule has 1 aromatic carbocycles. The van der Waals surface area contributed by atoms with Gasteiger partial charge in [0.1, 0.15) is 12.4 Å². The van der Waals surface area contributed by atoms with Gasteiger partial charge in [-0.1, -0.05) is 0 Å². The van der Waals surface area contributed by atoms with Crippen LogP contribution < -0.4 is 10.1 Å². The maximum Gasteiger partial charge on any atom is 0.119 e. The lowest BCUT2D eigenvalue weighted by atomic mass is 10.0. The maximum atomic E-state index is 5.96. The van der Waals surface area contributed by atoms with E-state index in [1.807, 2.05) is 0 Å². The molecule has 2 heterocycles. The topological polar surface area (TPSA) is 24.5 Å². The van der Waals surface area contributed by atoms with Gasteiger partial charge in [0.25, 0.3) is 0 Å². The number of anilines is 1. The molecule has 0 amide bonds. The minimum absolute atomic E-state index is 0.596. The molecule has 0 saturated carbocycles. The lowest BCUT2D eigenvalue weighted by molar-refractivity contribution is 0.198. The summed E-state index contributed by atoms with van der Waals surface area (Å²) in [6.07, 6.45) is 4.96. The maximum absolute atomic E-state index is 5.96. The fourth-order valence-corrected chi connectivity index (χ4v) is 2.92. The third-order valence-corrected chi connectivity index (χ3v) is 4.13. The van der Waals surface area contributed by atoms with Crippen molar-refractivity contribution in [1.29, 1.82) is 0 Å². The van der Waals surface area contributed by atoms with Crippen molar-refractivity contribution in [2.45, 2.75) is 31.7 Å². The van der Waals surface area contributed by atoms with E-state index < -0.39 is 0 Å². The van der Waals surface area contributed by atoms with Crippen LogP contribution in [0.1, 0.15) is 24.8 Å². The molecule has 0 aliphatic carbocycles. The lowest BCUT2D eigenvalue weighted by Gasteiger charge is -2.21. The van der Waals surface area contributed by atoms with Gasteiger partial charge in [0, 0.05) is 18.3 Å². The summed E-state index contributed by atoms with van der Waals surface area (Å²) in [7, 11) is 2.19. The second-order valence-corrected chi connectivity index (χ2v) is 5.44. The molecule has 1 N–H and O–H groups in total. The molecule has 1 atom stereocenters. The van der Waals surface area contributed by atoms with Crippen molar-refractivity contribution in [2.24, 2.45) is 0 Å². The standard InChI is InChI=1S/C15H22N2O/c1-17-9-3-5-13(17)11-18-14-6-7-15-12(10-14)4-2-8-16-15/h6-7,10,13,16H,2-5,8-9,11H2,1H3. The van der Waals surface area contributed by atoms with Crippen molar-refractivity contribution in [3.05, 3.63) is 23.8 Å². The molecule has 2 aliphatic heterocycles. The first-order valence-electron chi connectivity index (χ1n) is 7.03. The van der Waals surface area contributed by atoms with Crippen LogP contribution in [-0.4, -0.2) is 37.7 Å². The monoisotopic (exact) mass is 246 g/mol. The first-order valence-corrected chi connectivity index (χ1v) is 7.03. The molecular weight excluding hydrogens is 224 g/mol. The summed E-state index contributed by atoms with van der Waals surface area (Å²) in [5, 5.41) is 3.43. The van der Waals surface area contributed by atoms with Gasteiger partial charge in [-0.05, 0) is 63.0 Å². The van der Waals surface area contributed by atoms with E-state index in [1.165, 1.54) is 43.5 Å². The van der Waals surface area contributed by atoms with E-state index in [0.717, 1.165) is 18.9 Å². The van der Waals surface area contributed by atoms with E-state index in [-0.39, 0.29) is 0 Å². The summed E-state index contributed by atoms with van der Waals surface area (Å²) >= 11 is 0. The Bertz CT molecular complexity index is 419. The number of nitrogens with one attached hydrogen (secondary N) is 1. The minimum atomic E-state index is 0.596. The van der Waals surface area contributed by atoms with Crippen LogP contribution in [0.25, 0.3) is 0 Å². The van der Waals surface area contributed by atoms with Crippen LogP contribution in [0.4, 0.5) is 5.69 Å². The number of rotatable bonds is 3. The fourth-order valence-electron chi connectivity index (χ4n) is 2.92. The Morgan fingerprint density at radius 1 is 1.39 bits per heavy atom. The lowest BCUT2D eigenvalue weighted by Crippen LogP contribution is -2.30. The van der Waals surface area contributed by atoms with E-state index in [0.29, 0.717) is 6.04 Å². The van der Waals surface area contributed by atoms with Crippen LogP contribution in [0.2, 0.25) is 0 Å². The molecule has 1 unspecified atom stereocenters. The molecule has 18 heavy (non-hydrogen) atoms. The highest BCUT2D eigenvalue weighted by Crippen LogP contribution is 2.27. The highest BCUT2D eigenvalue weighted by Gasteiger charge is 2.21. The number of ether oxygens (including phenoxy) is 1. The van der Waals surface area contributed by atoms with Crippen LogP contribution in [0.3, 0.4) is 0 Å². The number of likely N-dealkylation sites (N-methyl/N-ethyl adjacent to an activating group) is 1. The number of aryl methyl sites for hydroxylation is 1. The number of benzene rings is 1. The van der Waals surface area contributed by atoms with Gasteiger partial charge in [-0.2, -0.15) is 0 Å². The molecule has 0 radical (unpaired) electrons. The molecule has 0 bridgehead atoms. The number of hydrogen-bond donors (Lipinski definition) is 1. The first-order chi connectivity index (χ1) is 8.83. The molecule has 0 spiro atoms. The van der Waals surface area contributed by atoms with Gasteiger partial charge in [-0.25, -0.2) is 0 Å². The largest absolute Gasteiger partial charge is 0.492 e. The zero-order valence-corrected chi connectivity index (χ0v) is 11.1. The van der Waals surface area contributed by atoms with Crippen molar-refractivity contribution in [3.63, 3.8) is 0 Å². The molecular formula is C15H22N2O. The van der Waals surface area contributed by atoms with E-state index in [9.17, 15) is 0 Å². The smallest absolute Gasteiger partial charge is 0.119 e. The molecule has 2 aliphatic rings. The quantitative estimate of drug-likeness (QED) is 0.887. The van der Waals surface area contributed by atoms with Crippen LogP contribution in [0.5, 0.6) is 5.75 Å². The first kappa shape index (κ1) is 11.8. The van der Waals surface area contributed by atoms with Gasteiger partial charge < -0.3 is 15.0 Å². The van der Waals surface area contributed by atoms with E-state index >= 15 is 0 Å². The molecule has 0 aromatic heterocycles. The zero-order chi connectivity index (χ0) is 12.4. The van der Waals surface area contributed by atoms with Crippen molar-refractivity contribution >= 4 is 5.69 Å². The normalized spacial score (nSPS) is 23.5. The van der Waals surface area contributed by atoms with Crippen LogP contribution >= 0.6 is 0 Å². The highest BCUT2D eigenvalue weighted by molar-refractivity contribution is 5.55. The van der Waals surface area contributed by atoms with Crippen molar-refractivity contribution in [1.82, 2.24) is 4.90 Å². The minimum Gasteiger partial charge on any atom is -0.492 e. The van der Waals surface area contributed by atoms with Crippen molar-refractivity contribution in [2.75, 3.05) is 32.1 Å². The summed E-state index contributed by atoms with van der Waals surface area (Å²) in [5.74, 6) is 1.03. The molecule has 1 aromatic rings. The van der Waals surface area contributed by atoms with Crippen molar-refractivity contribution in [3.8, 4) is 5.75 Å². The Morgan fingerprint density at radius 3 is 3.17 bits per heavy atom. The van der Waals surface area contributed by atoms with Crippen LogP contribution in [0, 0.1) is 0 Å². The Kier molecular flexibility index (Phi) is 3.41. The van der Waals surface area contributed by atoms with Gasteiger partial charge in [-0.3, -0.25) is 0 Å². The van der Waals surface area contributed by atoms with E-state index in [4.69, 9.17) is 4.74 Å². The Labute approximate surface area is 109 Å². The molecule has 3 rings (SSSR count). The number of likely N-dealkylation sites (tertiary alicyclic amines) is 1. The van der Waals surface area contributed by atoms with Crippen molar-refractivity contribution < 1.29 is 4.74 Å². The summed E-state index contributed by atoms with van der Waals surface area (Å²) in [6, 6.07) is 7.05. The van der Waals surface area contributed by atoms with Gasteiger partial charge in [0.05, 0.1) is 0 Å². The predicted octanol–water partition coefficient (Wildman–Crippen LogP) is 2.52. The average molecular weight is 246 g/mol. The number of hydrogen-bond acceptors (Lipinski definition) is 3. The number of nitrogens with zero attached hydrogens (tertiary/aromatic N) is 1. The van der Waals surface area contributed by atoms with Gasteiger partial charge >= 0.3 is 0 Å². The van der Waals surface area contributed by atoms with Gasteiger partial charge in [0.15, 0.2) is 0 Å².